The summed E-state index contributed by atoms with van der Waals surface area (Å²) in [4.78, 5) is 23.4. The number of rotatable bonds is 7. The Morgan fingerprint density at radius 2 is 2.24 bits per heavy atom. The summed E-state index contributed by atoms with van der Waals surface area (Å²) in [5, 5.41) is 17.5. The van der Waals surface area contributed by atoms with Gasteiger partial charge in [0.15, 0.2) is 0 Å². The minimum Gasteiger partial charge on any atom is -0.481 e. The second-order valence-electron chi connectivity index (χ2n) is 4.18. The zero-order valence-corrected chi connectivity index (χ0v) is 9.84. The van der Waals surface area contributed by atoms with Gasteiger partial charge in [-0.2, -0.15) is 0 Å². The predicted molar refractivity (Wildman–Crippen MR) is 62.4 cm³/mol. The Kier molecular flexibility index (Phi) is 5.69. The van der Waals surface area contributed by atoms with Crippen LogP contribution in [0.25, 0.3) is 0 Å². The number of likely N-dealkylation sites (tertiary alicyclic amines) is 1. The quantitative estimate of drug-likeness (QED) is 0.510. The molecule has 1 aliphatic heterocycles. The maximum absolute atomic E-state index is 11.5. The molecule has 2 N–H and O–H groups in total. The number of hydrogen-bond acceptors (Lipinski definition) is 3. The fourth-order valence-corrected chi connectivity index (χ4v) is 1.91. The van der Waals surface area contributed by atoms with Crippen LogP contribution in [0.5, 0.6) is 0 Å². The molecule has 0 aliphatic carbocycles. The third-order valence-electron chi connectivity index (χ3n) is 2.89. The van der Waals surface area contributed by atoms with Crippen molar-refractivity contribution in [1.82, 2.24) is 4.90 Å². The number of aliphatic carboxylic acids is 1. The molecule has 5 heteroatoms. The molecule has 1 rings (SSSR count). The largest absolute Gasteiger partial charge is 0.481 e. The normalized spacial score (nSPS) is 20.4. The highest BCUT2D eigenvalue weighted by Crippen LogP contribution is 2.17. The van der Waals surface area contributed by atoms with Gasteiger partial charge in [0.1, 0.15) is 0 Å². The van der Waals surface area contributed by atoms with Crippen molar-refractivity contribution in [3.05, 3.63) is 12.2 Å². The molecule has 96 valence electrons. The number of carboxylic acids is 1. The topological polar surface area (TPSA) is 77.8 Å². The highest BCUT2D eigenvalue weighted by molar-refractivity contribution is 5.78. The van der Waals surface area contributed by atoms with E-state index in [1.54, 1.807) is 4.90 Å². The van der Waals surface area contributed by atoms with Crippen LogP contribution in [0.3, 0.4) is 0 Å². The number of nitrogens with zero attached hydrogens (tertiary/aromatic N) is 1. The minimum absolute atomic E-state index is 0.0125. The third-order valence-corrected chi connectivity index (χ3v) is 2.89. The predicted octanol–water partition coefficient (Wildman–Crippen LogP) is 0.781. The molecule has 0 radical (unpaired) electrons. The zero-order valence-electron chi connectivity index (χ0n) is 9.84. The molecule has 0 aromatic carbocycles. The first-order valence-electron chi connectivity index (χ1n) is 5.92. The number of amides is 1. The van der Waals surface area contributed by atoms with E-state index in [0.29, 0.717) is 25.8 Å². The van der Waals surface area contributed by atoms with Gasteiger partial charge in [0.05, 0.1) is 12.6 Å². The van der Waals surface area contributed by atoms with Crippen LogP contribution < -0.4 is 0 Å². The first-order valence-corrected chi connectivity index (χ1v) is 5.92. The van der Waals surface area contributed by atoms with Crippen molar-refractivity contribution in [2.75, 3.05) is 13.2 Å². The van der Waals surface area contributed by atoms with Crippen LogP contribution in [0.4, 0.5) is 0 Å². The van der Waals surface area contributed by atoms with Gasteiger partial charge >= 0.3 is 5.97 Å². The molecule has 0 bridgehead atoms. The summed E-state index contributed by atoms with van der Waals surface area (Å²) < 4.78 is 0. The van der Waals surface area contributed by atoms with Crippen LogP contribution in [-0.4, -0.2) is 46.2 Å². The van der Waals surface area contributed by atoms with Crippen molar-refractivity contribution in [2.24, 2.45) is 0 Å². The van der Waals surface area contributed by atoms with E-state index in [1.807, 2.05) is 12.2 Å². The van der Waals surface area contributed by atoms with Gasteiger partial charge in [-0.3, -0.25) is 9.59 Å². The van der Waals surface area contributed by atoms with Crippen LogP contribution in [0, 0.1) is 0 Å². The van der Waals surface area contributed by atoms with Gasteiger partial charge in [-0.15, -0.1) is 0 Å². The van der Waals surface area contributed by atoms with Gasteiger partial charge in [-0.05, 0) is 19.3 Å². The first kappa shape index (κ1) is 13.7. The number of allylic oxidation sites excluding steroid dienone is 1. The molecular formula is C12H19NO4. The Labute approximate surface area is 101 Å². The van der Waals surface area contributed by atoms with E-state index in [1.165, 1.54) is 0 Å². The van der Waals surface area contributed by atoms with Crippen LogP contribution in [0.1, 0.15) is 32.1 Å². The SMILES string of the molecule is O=C(O)CCCC=CCN1C(=O)CCC1CO. The highest BCUT2D eigenvalue weighted by atomic mass is 16.4. The molecule has 1 heterocycles. The van der Waals surface area contributed by atoms with Crippen LogP contribution in [-0.2, 0) is 9.59 Å². The fourth-order valence-electron chi connectivity index (χ4n) is 1.91. The summed E-state index contributed by atoms with van der Waals surface area (Å²) in [6, 6.07) is -0.0498. The lowest BCUT2D eigenvalue weighted by Gasteiger charge is -2.21. The Hall–Kier alpha value is -1.36. The van der Waals surface area contributed by atoms with E-state index in [9.17, 15) is 9.59 Å². The summed E-state index contributed by atoms with van der Waals surface area (Å²) in [6.45, 7) is 0.524. The summed E-state index contributed by atoms with van der Waals surface area (Å²) in [5.41, 5.74) is 0. The van der Waals surface area contributed by atoms with E-state index in [2.05, 4.69) is 0 Å². The third kappa shape index (κ3) is 4.56. The minimum atomic E-state index is -0.784. The average Bonchev–Trinajstić information content (AvgIpc) is 2.64. The molecule has 5 nitrogen and oxygen atoms in total. The van der Waals surface area contributed by atoms with Crippen LogP contribution >= 0.6 is 0 Å². The standard InChI is InChI=1S/C12H19NO4/c14-9-10-6-7-11(15)13(10)8-4-2-1-3-5-12(16)17/h2,4,10,14H,1,3,5-9H2,(H,16,17). The average molecular weight is 241 g/mol. The number of carbonyl (C=O) groups excluding carboxylic acids is 1. The Balaban J connectivity index is 2.22. The van der Waals surface area contributed by atoms with Crippen molar-refractivity contribution >= 4 is 11.9 Å². The van der Waals surface area contributed by atoms with Gasteiger partial charge in [-0.25, -0.2) is 0 Å². The van der Waals surface area contributed by atoms with Crippen LogP contribution in [0.15, 0.2) is 12.2 Å². The molecule has 1 atom stereocenters. The summed E-state index contributed by atoms with van der Waals surface area (Å²) in [5.74, 6) is -0.701. The molecular weight excluding hydrogens is 222 g/mol. The maximum Gasteiger partial charge on any atom is 0.303 e. The summed E-state index contributed by atoms with van der Waals surface area (Å²) in [7, 11) is 0. The molecule has 0 saturated carbocycles. The van der Waals surface area contributed by atoms with Crippen molar-refractivity contribution in [2.45, 2.75) is 38.1 Å². The van der Waals surface area contributed by atoms with Gasteiger partial charge < -0.3 is 15.1 Å². The maximum atomic E-state index is 11.5. The van der Waals surface area contributed by atoms with Gasteiger partial charge in [0.2, 0.25) is 5.91 Å². The van der Waals surface area contributed by atoms with Gasteiger partial charge in [0, 0.05) is 19.4 Å². The van der Waals surface area contributed by atoms with Crippen molar-refractivity contribution in [1.29, 1.82) is 0 Å². The molecule has 1 fully saturated rings. The lowest BCUT2D eigenvalue weighted by molar-refractivity contribution is -0.137. The second kappa shape index (κ2) is 7.06. The number of aliphatic hydroxyl groups is 1. The van der Waals surface area contributed by atoms with Gasteiger partial charge in [-0.1, -0.05) is 12.2 Å². The molecule has 1 amide bonds. The summed E-state index contributed by atoms with van der Waals surface area (Å²) >= 11 is 0. The lowest BCUT2D eigenvalue weighted by atomic mass is 10.2. The fraction of sp³-hybridized carbons (Fsp3) is 0.667. The lowest BCUT2D eigenvalue weighted by Crippen LogP contribution is -2.35. The van der Waals surface area contributed by atoms with E-state index in [0.717, 1.165) is 6.42 Å². The second-order valence-corrected chi connectivity index (χ2v) is 4.18. The Bertz CT molecular complexity index is 301. The number of unbranched alkanes of at least 4 members (excludes halogenated alkanes) is 1. The molecule has 0 aromatic heterocycles. The van der Waals surface area contributed by atoms with E-state index >= 15 is 0 Å². The van der Waals surface area contributed by atoms with Crippen molar-refractivity contribution < 1.29 is 19.8 Å². The number of carbonyl (C=O) groups is 2. The number of carboxylic acid groups (broad SMARTS) is 1. The molecule has 17 heavy (non-hydrogen) atoms. The van der Waals surface area contributed by atoms with E-state index < -0.39 is 5.97 Å². The first-order chi connectivity index (χ1) is 8.15. The van der Waals surface area contributed by atoms with Crippen LogP contribution in [0.2, 0.25) is 0 Å². The smallest absolute Gasteiger partial charge is 0.303 e. The number of hydrogen-bond donors (Lipinski definition) is 2. The van der Waals surface area contributed by atoms with Crippen molar-refractivity contribution in [3.63, 3.8) is 0 Å². The molecule has 1 aliphatic rings. The number of aliphatic hydroxyl groups excluding tert-OH is 1. The zero-order chi connectivity index (χ0) is 12.7. The molecule has 0 spiro atoms. The Morgan fingerprint density at radius 1 is 1.47 bits per heavy atom. The molecule has 1 unspecified atom stereocenters. The molecule has 1 saturated heterocycles. The Morgan fingerprint density at radius 3 is 2.88 bits per heavy atom. The molecule has 0 aromatic rings. The monoisotopic (exact) mass is 241 g/mol. The van der Waals surface area contributed by atoms with E-state index in [-0.39, 0.29) is 25.0 Å². The van der Waals surface area contributed by atoms with E-state index in [4.69, 9.17) is 10.2 Å². The summed E-state index contributed by atoms with van der Waals surface area (Å²) in [6.07, 6.45) is 6.49. The van der Waals surface area contributed by atoms with Gasteiger partial charge in [0.25, 0.3) is 0 Å². The highest BCUT2D eigenvalue weighted by Gasteiger charge is 2.28. The van der Waals surface area contributed by atoms with Crippen molar-refractivity contribution in [3.8, 4) is 0 Å².